The summed E-state index contributed by atoms with van der Waals surface area (Å²) >= 11 is 0. The van der Waals surface area contributed by atoms with Crippen LogP contribution in [0.1, 0.15) is 47.7 Å². The Bertz CT molecular complexity index is 1050. The lowest BCUT2D eigenvalue weighted by molar-refractivity contribution is -0.192. The van der Waals surface area contributed by atoms with Gasteiger partial charge in [0.25, 0.3) is 5.91 Å². The molecule has 3 heterocycles. The Kier molecular flexibility index (Phi) is 7.98. The van der Waals surface area contributed by atoms with Crippen molar-refractivity contribution in [1.29, 1.82) is 0 Å². The number of nitrogens with one attached hydrogen (secondary N) is 1. The number of piperidine rings is 1. The zero-order valence-electron chi connectivity index (χ0n) is 19.0. The first kappa shape index (κ1) is 26.0. The summed E-state index contributed by atoms with van der Waals surface area (Å²) in [6, 6.07) is 13.4. The van der Waals surface area contributed by atoms with E-state index in [0.29, 0.717) is 25.2 Å². The fourth-order valence-electron chi connectivity index (χ4n) is 4.33. The van der Waals surface area contributed by atoms with E-state index >= 15 is 0 Å². The number of carboxylic acid groups (broad SMARTS) is 1. The maximum atomic E-state index is 12.7. The molecule has 4 rings (SSSR count). The van der Waals surface area contributed by atoms with Gasteiger partial charge in [-0.3, -0.25) is 14.6 Å². The zero-order valence-corrected chi connectivity index (χ0v) is 19.0. The lowest BCUT2D eigenvalue weighted by Crippen LogP contribution is -2.52. The molecule has 2 aliphatic rings. The van der Waals surface area contributed by atoms with Gasteiger partial charge >= 0.3 is 12.1 Å². The van der Waals surface area contributed by atoms with E-state index in [1.54, 1.807) is 19.3 Å². The van der Waals surface area contributed by atoms with Crippen LogP contribution in [0.15, 0.2) is 48.7 Å². The van der Waals surface area contributed by atoms with Crippen molar-refractivity contribution in [1.82, 2.24) is 15.2 Å². The number of para-hydroxylation sites is 1. The number of aliphatic carboxylic acids is 1. The summed E-state index contributed by atoms with van der Waals surface area (Å²) in [6.07, 6.45) is -0.685. The van der Waals surface area contributed by atoms with E-state index in [4.69, 9.17) is 14.6 Å². The molecule has 2 N–H and O–H groups in total. The maximum Gasteiger partial charge on any atom is 0.490 e. The molecule has 1 aromatic carbocycles. The van der Waals surface area contributed by atoms with E-state index in [1.807, 2.05) is 35.2 Å². The molecule has 188 valence electrons. The standard InChI is InChI=1S/C22H25N3O3.C2HF3O2/c1-23-20(26)14-16-15-22(28-19-8-3-2-6-17(16)19)9-12-25(13-10-22)21(27)18-7-4-5-11-24-18;3-2(4,5)1(6)7/h2-8,11,16H,9-10,12-15H2,1H3,(H,23,26);(H,6,7). The molecule has 0 bridgehead atoms. The summed E-state index contributed by atoms with van der Waals surface area (Å²) in [5.74, 6) is -1.75. The number of carboxylic acids is 1. The van der Waals surface area contributed by atoms with Gasteiger partial charge in [0, 0.05) is 51.5 Å². The minimum Gasteiger partial charge on any atom is -0.487 e. The van der Waals surface area contributed by atoms with Crippen LogP contribution in [-0.2, 0) is 9.59 Å². The fraction of sp³-hybridized carbons (Fsp3) is 0.417. The highest BCUT2D eigenvalue weighted by Gasteiger charge is 2.44. The Balaban J connectivity index is 0.000000429. The number of ether oxygens (including phenoxy) is 1. The average Bonchev–Trinajstić information content (AvgIpc) is 2.84. The molecule has 0 saturated carbocycles. The largest absolute Gasteiger partial charge is 0.490 e. The Hall–Kier alpha value is -3.63. The van der Waals surface area contributed by atoms with Gasteiger partial charge in [-0.1, -0.05) is 24.3 Å². The molecule has 1 unspecified atom stereocenters. The van der Waals surface area contributed by atoms with Crippen molar-refractivity contribution in [2.45, 2.75) is 43.4 Å². The number of rotatable bonds is 3. The van der Waals surface area contributed by atoms with Crippen LogP contribution in [0.3, 0.4) is 0 Å². The predicted octanol–water partition coefficient (Wildman–Crippen LogP) is 3.39. The summed E-state index contributed by atoms with van der Waals surface area (Å²) < 4.78 is 38.2. The molecule has 1 aromatic heterocycles. The molecule has 1 spiro atoms. The fourth-order valence-corrected chi connectivity index (χ4v) is 4.33. The van der Waals surface area contributed by atoms with Crippen molar-refractivity contribution < 1.29 is 37.4 Å². The van der Waals surface area contributed by atoms with Gasteiger partial charge in [-0.05, 0) is 30.2 Å². The van der Waals surface area contributed by atoms with E-state index < -0.39 is 12.1 Å². The van der Waals surface area contributed by atoms with Gasteiger partial charge in [-0.2, -0.15) is 13.2 Å². The summed E-state index contributed by atoms with van der Waals surface area (Å²) in [5.41, 5.74) is 1.25. The van der Waals surface area contributed by atoms with Crippen molar-refractivity contribution in [3.63, 3.8) is 0 Å². The molecular weight excluding hydrogens is 467 g/mol. The van der Waals surface area contributed by atoms with Crippen LogP contribution in [0.25, 0.3) is 0 Å². The smallest absolute Gasteiger partial charge is 0.487 e. The van der Waals surface area contributed by atoms with Crippen molar-refractivity contribution in [3.8, 4) is 5.75 Å². The molecule has 0 radical (unpaired) electrons. The van der Waals surface area contributed by atoms with Gasteiger partial charge in [0.1, 0.15) is 17.0 Å². The lowest BCUT2D eigenvalue weighted by atomic mass is 9.76. The molecule has 0 aliphatic carbocycles. The molecule has 11 heteroatoms. The molecule has 1 saturated heterocycles. The van der Waals surface area contributed by atoms with Crippen LogP contribution in [0.4, 0.5) is 13.2 Å². The zero-order chi connectivity index (χ0) is 25.6. The third-order valence-electron chi connectivity index (χ3n) is 6.10. The number of pyridine rings is 1. The summed E-state index contributed by atoms with van der Waals surface area (Å²) in [5, 5.41) is 9.86. The number of likely N-dealkylation sites (tertiary alicyclic amines) is 1. The van der Waals surface area contributed by atoms with E-state index in [2.05, 4.69) is 16.4 Å². The highest BCUT2D eigenvalue weighted by atomic mass is 19.4. The summed E-state index contributed by atoms with van der Waals surface area (Å²) in [7, 11) is 1.67. The van der Waals surface area contributed by atoms with Crippen molar-refractivity contribution in [3.05, 3.63) is 59.9 Å². The molecule has 35 heavy (non-hydrogen) atoms. The average molecular weight is 493 g/mol. The first-order chi connectivity index (χ1) is 16.5. The molecule has 2 aromatic rings. The number of carbonyl (C=O) groups is 3. The molecule has 2 amide bonds. The SMILES string of the molecule is CNC(=O)CC1CC2(CCN(C(=O)c3ccccn3)CC2)Oc2ccccc21.O=C(O)C(F)(F)F. The van der Waals surface area contributed by atoms with Gasteiger partial charge in [0.2, 0.25) is 5.91 Å². The molecule has 1 atom stereocenters. The first-order valence-electron chi connectivity index (χ1n) is 11.0. The normalized spacial score (nSPS) is 18.4. The van der Waals surface area contributed by atoms with Crippen LogP contribution in [0, 0.1) is 0 Å². The monoisotopic (exact) mass is 493 g/mol. The van der Waals surface area contributed by atoms with Gasteiger partial charge in [-0.15, -0.1) is 0 Å². The summed E-state index contributed by atoms with van der Waals surface area (Å²) in [4.78, 5) is 39.7. The highest BCUT2D eigenvalue weighted by Crippen LogP contribution is 2.46. The topological polar surface area (TPSA) is 109 Å². The lowest BCUT2D eigenvalue weighted by Gasteiger charge is -2.46. The highest BCUT2D eigenvalue weighted by molar-refractivity contribution is 5.92. The van der Waals surface area contributed by atoms with Crippen LogP contribution in [0.5, 0.6) is 5.75 Å². The van der Waals surface area contributed by atoms with Crippen LogP contribution in [0.2, 0.25) is 0 Å². The van der Waals surface area contributed by atoms with Crippen molar-refractivity contribution >= 4 is 17.8 Å². The number of alkyl halides is 3. The predicted molar refractivity (Wildman–Crippen MR) is 119 cm³/mol. The third-order valence-corrected chi connectivity index (χ3v) is 6.10. The summed E-state index contributed by atoms with van der Waals surface area (Å²) in [6.45, 7) is 1.26. The minimum atomic E-state index is -5.08. The van der Waals surface area contributed by atoms with E-state index in [-0.39, 0.29) is 23.3 Å². The Morgan fingerprint density at radius 2 is 1.77 bits per heavy atom. The number of carbonyl (C=O) groups excluding carboxylic acids is 2. The van der Waals surface area contributed by atoms with Gasteiger partial charge in [0.15, 0.2) is 0 Å². The number of aromatic nitrogens is 1. The molecule has 8 nitrogen and oxygen atoms in total. The molecule has 1 fully saturated rings. The first-order valence-corrected chi connectivity index (χ1v) is 11.0. The van der Waals surface area contributed by atoms with E-state index in [0.717, 1.165) is 30.6 Å². The second-order valence-corrected chi connectivity index (χ2v) is 8.41. The van der Waals surface area contributed by atoms with Gasteiger partial charge < -0.3 is 20.1 Å². The van der Waals surface area contributed by atoms with E-state index in [1.165, 1.54) is 0 Å². The van der Waals surface area contributed by atoms with Crippen LogP contribution in [-0.4, -0.2) is 64.7 Å². The Morgan fingerprint density at radius 1 is 1.14 bits per heavy atom. The quantitative estimate of drug-likeness (QED) is 0.679. The minimum absolute atomic E-state index is 0.0337. The molecule has 2 aliphatic heterocycles. The third kappa shape index (κ3) is 6.49. The number of amides is 2. The Morgan fingerprint density at radius 3 is 2.34 bits per heavy atom. The Labute approximate surface area is 200 Å². The van der Waals surface area contributed by atoms with Crippen LogP contribution >= 0.6 is 0 Å². The van der Waals surface area contributed by atoms with Crippen LogP contribution < -0.4 is 10.1 Å². The second kappa shape index (κ2) is 10.7. The number of hydrogen-bond donors (Lipinski definition) is 2. The number of halogens is 3. The van der Waals surface area contributed by atoms with Crippen molar-refractivity contribution in [2.75, 3.05) is 20.1 Å². The number of nitrogens with zero attached hydrogens (tertiary/aromatic N) is 2. The number of benzene rings is 1. The molecular formula is C24H26F3N3O5. The van der Waals surface area contributed by atoms with Gasteiger partial charge in [0.05, 0.1) is 0 Å². The van der Waals surface area contributed by atoms with E-state index in [9.17, 15) is 22.8 Å². The van der Waals surface area contributed by atoms with Crippen molar-refractivity contribution in [2.24, 2.45) is 0 Å². The number of fused-ring (bicyclic) bond motifs is 1. The number of hydrogen-bond acceptors (Lipinski definition) is 5. The maximum absolute atomic E-state index is 12.7. The van der Waals surface area contributed by atoms with Gasteiger partial charge in [-0.25, -0.2) is 4.79 Å². The second-order valence-electron chi connectivity index (χ2n) is 8.41.